The molecular formula is C14H15N3O2. The molecule has 98 valence electrons. The molecule has 0 aliphatic heterocycles. The van der Waals surface area contributed by atoms with E-state index in [9.17, 15) is 0 Å². The zero-order valence-corrected chi connectivity index (χ0v) is 10.7. The fraction of sp³-hybridized carbons (Fsp3) is 0.286. The number of nitrogens with zero attached hydrogens (tertiary/aromatic N) is 2. The Morgan fingerprint density at radius 3 is 3.00 bits per heavy atom. The Kier molecular flexibility index (Phi) is 3.29. The third kappa shape index (κ3) is 2.66. The minimum absolute atomic E-state index is 0.669. The van der Waals surface area contributed by atoms with Crippen LogP contribution in [0.4, 0.5) is 0 Å². The number of hydrogen-bond donors (Lipinski definition) is 1. The summed E-state index contributed by atoms with van der Waals surface area (Å²) in [5, 5.41) is 8.26. The van der Waals surface area contributed by atoms with Crippen LogP contribution in [0.25, 0.3) is 11.0 Å². The molecule has 1 aromatic carbocycles. The molecule has 0 amide bonds. The van der Waals surface area contributed by atoms with Gasteiger partial charge in [0.05, 0.1) is 6.26 Å². The first-order chi connectivity index (χ1) is 9.33. The fourth-order valence-electron chi connectivity index (χ4n) is 2.03. The van der Waals surface area contributed by atoms with Crippen molar-refractivity contribution >= 4 is 11.0 Å². The van der Waals surface area contributed by atoms with Gasteiger partial charge in [-0.2, -0.15) is 4.98 Å². The minimum Gasteiger partial charge on any atom is -0.464 e. The highest BCUT2D eigenvalue weighted by Gasteiger charge is 2.05. The van der Waals surface area contributed by atoms with Crippen molar-refractivity contribution in [3.63, 3.8) is 0 Å². The van der Waals surface area contributed by atoms with E-state index in [4.69, 9.17) is 8.94 Å². The maximum Gasteiger partial charge on any atom is 0.227 e. The molecule has 2 aromatic heterocycles. The topological polar surface area (TPSA) is 64.1 Å². The van der Waals surface area contributed by atoms with E-state index in [1.165, 1.54) is 0 Å². The molecule has 3 aromatic rings. The van der Waals surface area contributed by atoms with Crippen LogP contribution < -0.4 is 5.32 Å². The molecule has 0 aliphatic carbocycles. The van der Waals surface area contributed by atoms with Gasteiger partial charge in [0.15, 0.2) is 5.82 Å². The molecule has 0 radical (unpaired) electrons. The van der Waals surface area contributed by atoms with E-state index in [0.29, 0.717) is 11.7 Å². The summed E-state index contributed by atoms with van der Waals surface area (Å²) in [6.45, 7) is 3.38. The summed E-state index contributed by atoms with van der Waals surface area (Å²) in [5.74, 6) is 1.35. The van der Waals surface area contributed by atoms with Crippen LogP contribution in [-0.2, 0) is 13.0 Å². The molecule has 0 aliphatic rings. The predicted molar refractivity (Wildman–Crippen MR) is 70.7 cm³/mol. The van der Waals surface area contributed by atoms with E-state index in [1.54, 1.807) is 6.26 Å². The zero-order valence-electron chi connectivity index (χ0n) is 10.7. The van der Waals surface area contributed by atoms with Crippen molar-refractivity contribution in [2.45, 2.75) is 19.9 Å². The van der Waals surface area contributed by atoms with Crippen molar-refractivity contribution in [2.75, 3.05) is 6.54 Å². The first-order valence-corrected chi connectivity index (χ1v) is 6.28. The normalized spacial score (nSPS) is 11.2. The Hall–Kier alpha value is -2.14. The van der Waals surface area contributed by atoms with Crippen molar-refractivity contribution in [1.82, 2.24) is 15.5 Å². The first-order valence-electron chi connectivity index (χ1n) is 6.28. The van der Waals surface area contributed by atoms with Gasteiger partial charge in [-0.15, -0.1) is 0 Å². The summed E-state index contributed by atoms with van der Waals surface area (Å²) in [4.78, 5) is 4.16. The molecule has 1 N–H and O–H groups in total. The van der Waals surface area contributed by atoms with Crippen LogP contribution in [0, 0.1) is 6.92 Å². The Balaban J connectivity index is 1.55. The number of hydrogen-bond acceptors (Lipinski definition) is 5. The van der Waals surface area contributed by atoms with Crippen LogP contribution >= 0.6 is 0 Å². The zero-order chi connectivity index (χ0) is 13.1. The number of aromatic nitrogens is 2. The van der Waals surface area contributed by atoms with Gasteiger partial charge >= 0.3 is 0 Å². The van der Waals surface area contributed by atoms with Crippen molar-refractivity contribution in [3.8, 4) is 0 Å². The third-order valence-electron chi connectivity index (χ3n) is 2.96. The number of nitrogens with one attached hydrogen (secondary N) is 1. The minimum atomic E-state index is 0.669. The molecule has 2 heterocycles. The predicted octanol–water partition coefficient (Wildman–Crippen LogP) is 2.46. The molecule has 0 saturated carbocycles. The second-order valence-electron chi connectivity index (χ2n) is 4.42. The van der Waals surface area contributed by atoms with Crippen LogP contribution in [0.2, 0.25) is 0 Å². The van der Waals surface area contributed by atoms with Gasteiger partial charge in [0, 0.05) is 30.5 Å². The summed E-state index contributed by atoms with van der Waals surface area (Å²) < 4.78 is 10.5. The molecule has 0 saturated heterocycles. The molecule has 0 fully saturated rings. The number of rotatable bonds is 5. The SMILES string of the molecule is Cc1noc(CCNCc2coc3ccccc23)n1. The number of para-hydroxylation sites is 1. The Morgan fingerprint density at radius 2 is 2.16 bits per heavy atom. The van der Waals surface area contributed by atoms with Crippen LogP contribution in [0.15, 0.2) is 39.5 Å². The Labute approximate surface area is 110 Å². The summed E-state index contributed by atoms with van der Waals surface area (Å²) in [6.07, 6.45) is 2.53. The van der Waals surface area contributed by atoms with E-state index in [2.05, 4.69) is 21.5 Å². The van der Waals surface area contributed by atoms with Crippen LogP contribution in [-0.4, -0.2) is 16.7 Å². The summed E-state index contributed by atoms with van der Waals surface area (Å²) in [7, 11) is 0. The maximum atomic E-state index is 5.49. The highest BCUT2D eigenvalue weighted by atomic mass is 16.5. The average Bonchev–Trinajstić information content (AvgIpc) is 3.02. The highest BCUT2D eigenvalue weighted by Crippen LogP contribution is 2.20. The number of aryl methyl sites for hydroxylation is 1. The summed E-state index contributed by atoms with van der Waals surface area (Å²) in [6, 6.07) is 8.03. The molecule has 0 atom stereocenters. The van der Waals surface area contributed by atoms with E-state index in [1.807, 2.05) is 25.1 Å². The number of benzene rings is 1. The van der Waals surface area contributed by atoms with Crippen molar-refractivity contribution < 1.29 is 8.94 Å². The second-order valence-corrected chi connectivity index (χ2v) is 4.42. The van der Waals surface area contributed by atoms with Crippen molar-refractivity contribution in [2.24, 2.45) is 0 Å². The van der Waals surface area contributed by atoms with Gasteiger partial charge in [0.25, 0.3) is 0 Å². The summed E-state index contributed by atoms with van der Waals surface area (Å²) >= 11 is 0. The fourth-order valence-corrected chi connectivity index (χ4v) is 2.03. The molecule has 0 bridgehead atoms. The van der Waals surface area contributed by atoms with E-state index in [-0.39, 0.29) is 0 Å². The van der Waals surface area contributed by atoms with Gasteiger partial charge in [-0.3, -0.25) is 0 Å². The van der Waals surface area contributed by atoms with E-state index in [0.717, 1.165) is 36.0 Å². The monoisotopic (exact) mass is 257 g/mol. The lowest BCUT2D eigenvalue weighted by Crippen LogP contribution is -2.16. The molecule has 3 rings (SSSR count). The van der Waals surface area contributed by atoms with Crippen LogP contribution in [0.3, 0.4) is 0 Å². The van der Waals surface area contributed by atoms with Gasteiger partial charge in [-0.05, 0) is 13.0 Å². The van der Waals surface area contributed by atoms with Crippen LogP contribution in [0.5, 0.6) is 0 Å². The number of fused-ring (bicyclic) bond motifs is 1. The molecular weight excluding hydrogens is 242 g/mol. The van der Waals surface area contributed by atoms with Gasteiger partial charge in [-0.25, -0.2) is 0 Å². The second kappa shape index (κ2) is 5.24. The van der Waals surface area contributed by atoms with Crippen LogP contribution in [0.1, 0.15) is 17.3 Å². The summed E-state index contributed by atoms with van der Waals surface area (Å²) in [5.41, 5.74) is 2.09. The van der Waals surface area contributed by atoms with Gasteiger partial charge < -0.3 is 14.3 Å². The Bertz CT molecular complexity index is 672. The molecule has 0 unspecified atom stereocenters. The maximum absolute atomic E-state index is 5.49. The smallest absolute Gasteiger partial charge is 0.227 e. The van der Waals surface area contributed by atoms with Gasteiger partial charge in [-0.1, -0.05) is 23.4 Å². The standard InChI is InChI=1S/C14H15N3O2/c1-10-16-14(19-17-10)6-7-15-8-11-9-18-13-5-3-2-4-12(11)13/h2-5,9,15H,6-8H2,1H3. The molecule has 5 heteroatoms. The van der Waals surface area contributed by atoms with Crippen molar-refractivity contribution in [3.05, 3.63) is 47.8 Å². The lowest BCUT2D eigenvalue weighted by atomic mass is 10.2. The average molecular weight is 257 g/mol. The molecule has 0 spiro atoms. The Morgan fingerprint density at radius 1 is 1.26 bits per heavy atom. The molecule has 5 nitrogen and oxygen atoms in total. The molecule has 19 heavy (non-hydrogen) atoms. The first kappa shape index (κ1) is 11.9. The van der Waals surface area contributed by atoms with Gasteiger partial charge in [0.2, 0.25) is 5.89 Å². The quantitative estimate of drug-likeness (QED) is 0.711. The van der Waals surface area contributed by atoms with Crippen molar-refractivity contribution in [1.29, 1.82) is 0 Å². The lowest BCUT2D eigenvalue weighted by Gasteiger charge is -2.00. The largest absolute Gasteiger partial charge is 0.464 e. The van der Waals surface area contributed by atoms with Gasteiger partial charge in [0.1, 0.15) is 5.58 Å². The highest BCUT2D eigenvalue weighted by molar-refractivity contribution is 5.80. The van der Waals surface area contributed by atoms with E-state index < -0.39 is 0 Å². The number of furan rings is 1. The lowest BCUT2D eigenvalue weighted by molar-refractivity contribution is 0.372. The van der Waals surface area contributed by atoms with E-state index >= 15 is 0 Å². The third-order valence-corrected chi connectivity index (χ3v) is 2.96.